The van der Waals surface area contributed by atoms with Gasteiger partial charge in [0.05, 0.1) is 5.75 Å². The van der Waals surface area contributed by atoms with Crippen LogP contribution in [-0.2, 0) is 4.79 Å². The number of ketones is 1. The van der Waals surface area contributed by atoms with Crippen LogP contribution in [0.2, 0.25) is 0 Å². The number of Topliss-reactive ketones (excluding diaryl/α,β-unsaturated/α-hetero) is 1. The Morgan fingerprint density at radius 2 is 2.11 bits per heavy atom. The third-order valence-electron chi connectivity index (χ3n) is 4.63. The lowest BCUT2D eigenvalue weighted by atomic mass is 9.90. The molecule has 0 radical (unpaired) electrons. The topological polar surface area (TPSA) is 94.8 Å². The zero-order valence-electron chi connectivity index (χ0n) is 14.8. The first-order valence-electron chi connectivity index (χ1n) is 8.74. The Bertz CT molecular complexity index is 868. The fraction of sp³-hybridized carbons (Fsp3) is 0.444. The summed E-state index contributed by atoms with van der Waals surface area (Å²) in [4.78, 5) is 27.1. The molecule has 2 aliphatic heterocycles. The highest BCUT2D eigenvalue weighted by atomic mass is 32.2. The molecule has 1 aromatic heterocycles. The molecule has 1 aromatic carbocycles. The Morgan fingerprint density at radius 1 is 1.26 bits per heavy atom. The van der Waals surface area contributed by atoms with Gasteiger partial charge in [0.2, 0.25) is 18.6 Å². The Morgan fingerprint density at radius 3 is 2.93 bits per heavy atom. The quantitative estimate of drug-likeness (QED) is 0.568. The number of carbonyl (C=O) groups excluding carboxylic acids is 2. The second-order valence-corrected chi connectivity index (χ2v) is 7.41. The Kier molecular flexibility index (Phi) is 5.02. The standard InChI is InChI=1S/C18H19N3O5S/c1-11-19-20-18(26-11)27-9-16(22)21-6-2-3-13(8-21)17(23)12-4-5-14-15(7-12)25-10-24-14/h4-5,7,13H,2-3,6,8-10H2,1H3. The van der Waals surface area contributed by atoms with Gasteiger partial charge in [0.15, 0.2) is 17.3 Å². The van der Waals surface area contributed by atoms with Gasteiger partial charge in [0, 0.05) is 31.5 Å². The molecule has 4 rings (SSSR count). The van der Waals surface area contributed by atoms with Crippen molar-refractivity contribution in [1.82, 2.24) is 15.1 Å². The van der Waals surface area contributed by atoms with E-state index in [0.29, 0.717) is 41.3 Å². The highest BCUT2D eigenvalue weighted by molar-refractivity contribution is 7.99. The van der Waals surface area contributed by atoms with Crippen molar-refractivity contribution in [1.29, 1.82) is 0 Å². The number of ether oxygens (including phenoxy) is 2. The summed E-state index contributed by atoms with van der Waals surface area (Å²) in [6.45, 7) is 2.97. The van der Waals surface area contributed by atoms with Crippen LogP contribution in [-0.4, -0.2) is 52.4 Å². The normalized spacial score (nSPS) is 18.6. The van der Waals surface area contributed by atoms with Gasteiger partial charge in [-0.15, -0.1) is 10.2 Å². The van der Waals surface area contributed by atoms with E-state index in [-0.39, 0.29) is 30.2 Å². The van der Waals surface area contributed by atoms with Crippen LogP contribution in [0, 0.1) is 12.8 Å². The highest BCUT2D eigenvalue weighted by Crippen LogP contribution is 2.34. The third kappa shape index (κ3) is 3.92. The fourth-order valence-electron chi connectivity index (χ4n) is 3.25. The smallest absolute Gasteiger partial charge is 0.277 e. The first kappa shape index (κ1) is 17.8. The number of rotatable bonds is 5. The molecule has 2 aromatic rings. The maximum atomic E-state index is 12.9. The molecule has 3 heterocycles. The number of hydrogen-bond donors (Lipinski definition) is 0. The zero-order chi connectivity index (χ0) is 18.8. The van der Waals surface area contributed by atoms with Gasteiger partial charge >= 0.3 is 0 Å². The van der Waals surface area contributed by atoms with E-state index in [2.05, 4.69) is 10.2 Å². The molecular formula is C18H19N3O5S. The van der Waals surface area contributed by atoms with Crippen LogP contribution in [0.25, 0.3) is 0 Å². The van der Waals surface area contributed by atoms with E-state index in [9.17, 15) is 9.59 Å². The summed E-state index contributed by atoms with van der Waals surface area (Å²) >= 11 is 1.22. The van der Waals surface area contributed by atoms with E-state index in [0.717, 1.165) is 12.8 Å². The summed E-state index contributed by atoms with van der Waals surface area (Å²) < 4.78 is 15.9. The molecule has 27 heavy (non-hydrogen) atoms. The van der Waals surface area contributed by atoms with Crippen LogP contribution in [0.1, 0.15) is 29.1 Å². The molecular weight excluding hydrogens is 370 g/mol. The maximum absolute atomic E-state index is 12.9. The Labute approximate surface area is 160 Å². The number of fused-ring (bicyclic) bond motifs is 1. The van der Waals surface area contributed by atoms with Crippen molar-refractivity contribution in [3.63, 3.8) is 0 Å². The molecule has 0 saturated carbocycles. The minimum Gasteiger partial charge on any atom is -0.454 e. The van der Waals surface area contributed by atoms with Gasteiger partial charge in [0.25, 0.3) is 5.22 Å². The molecule has 0 N–H and O–H groups in total. The van der Waals surface area contributed by atoms with E-state index in [4.69, 9.17) is 13.9 Å². The molecule has 142 valence electrons. The number of aryl methyl sites for hydroxylation is 1. The SMILES string of the molecule is Cc1nnc(SCC(=O)N2CCCC(C(=O)c3ccc4c(c3)OCO4)C2)o1. The molecule has 0 aliphatic carbocycles. The predicted octanol–water partition coefficient (Wildman–Crippen LogP) is 2.32. The van der Waals surface area contributed by atoms with Crippen molar-refractivity contribution >= 4 is 23.5 Å². The number of piperidine rings is 1. The average Bonchev–Trinajstić information content (AvgIpc) is 3.33. The first-order chi connectivity index (χ1) is 13.1. The second kappa shape index (κ2) is 7.59. The van der Waals surface area contributed by atoms with Gasteiger partial charge in [-0.2, -0.15) is 0 Å². The van der Waals surface area contributed by atoms with Crippen LogP contribution < -0.4 is 9.47 Å². The van der Waals surface area contributed by atoms with Crippen molar-refractivity contribution in [2.75, 3.05) is 25.6 Å². The molecule has 1 saturated heterocycles. The molecule has 0 spiro atoms. The molecule has 1 amide bonds. The van der Waals surface area contributed by atoms with Gasteiger partial charge in [-0.3, -0.25) is 9.59 Å². The number of likely N-dealkylation sites (tertiary alicyclic amines) is 1. The largest absolute Gasteiger partial charge is 0.454 e. The van der Waals surface area contributed by atoms with Crippen molar-refractivity contribution in [2.24, 2.45) is 5.92 Å². The van der Waals surface area contributed by atoms with Gasteiger partial charge in [-0.1, -0.05) is 11.8 Å². The molecule has 8 nitrogen and oxygen atoms in total. The molecule has 9 heteroatoms. The minimum atomic E-state index is -0.210. The second-order valence-electron chi connectivity index (χ2n) is 6.49. The first-order valence-corrected chi connectivity index (χ1v) is 9.73. The molecule has 1 unspecified atom stereocenters. The summed E-state index contributed by atoms with van der Waals surface area (Å²) in [7, 11) is 0. The summed E-state index contributed by atoms with van der Waals surface area (Å²) in [5.41, 5.74) is 0.592. The van der Waals surface area contributed by atoms with Gasteiger partial charge < -0.3 is 18.8 Å². The number of nitrogens with zero attached hydrogens (tertiary/aromatic N) is 3. The zero-order valence-corrected chi connectivity index (χ0v) is 15.7. The summed E-state index contributed by atoms with van der Waals surface area (Å²) in [6.07, 6.45) is 1.57. The molecule has 2 aliphatic rings. The average molecular weight is 389 g/mol. The van der Waals surface area contributed by atoms with Crippen LogP contribution in [0.5, 0.6) is 11.5 Å². The van der Waals surface area contributed by atoms with E-state index in [1.54, 1.807) is 30.0 Å². The van der Waals surface area contributed by atoms with Crippen molar-refractivity contribution in [3.05, 3.63) is 29.7 Å². The van der Waals surface area contributed by atoms with Crippen LogP contribution in [0.4, 0.5) is 0 Å². The number of benzene rings is 1. The van der Waals surface area contributed by atoms with Crippen LogP contribution >= 0.6 is 11.8 Å². The van der Waals surface area contributed by atoms with Crippen molar-refractivity contribution in [3.8, 4) is 11.5 Å². The summed E-state index contributed by atoms with van der Waals surface area (Å²) in [6, 6.07) is 5.23. The van der Waals surface area contributed by atoms with Crippen LogP contribution in [0.15, 0.2) is 27.8 Å². The van der Waals surface area contributed by atoms with Crippen LogP contribution in [0.3, 0.4) is 0 Å². The van der Waals surface area contributed by atoms with E-state index in [1.807, 2.05) is 0 Å². The van der Waals surface area contributed by atoms with Gasteiger partial charge in [-0.25, -0.2) is 0 Å². The third-order valence-corrected chi connectivity index (χ3v) is 5.43. The van der Waals surface area contributed by atoms with Crippen molar-refractivity contribution in [2.45, 2.75) is 25.0 Å². The number of hydrogen-bond acceptors (Lipinski definition) is 8. The lowest BCUT2D eigenvalue weighted by Gasteiger charge is -2.32. The lowest BCUT2D eigenvalue weighted by Crippen LogP contribution is -2.43. The van der Waals surface area contributed by atoms with Gasteiger partial charge in [0.1, 0.15) is 0 Å². The monoisotopic (exact) mass is 389 g/mol. The number of amides is 1. The van der Waals surface area contributed by atoms with E-state index in [1.165, 1.54) is 11.8 Å². The molecule has 1 atom stereocenters. The minimum absolute atomic E-state index is 0.0287. The van der Waals surface area contributed by atoms with E-state index >= 15 is 0 Å². The maximum Gasteiger partial charge on any atom is 0.277 e. The van der Waals surface area contributed by atoms with Crippen molar-refractivity contribution < 1.29 is 23.5 Å². The number of aromatic nitrogens is 2. The number of thioether (sulfide) groups is 1. The fourth-order valence-corrected chi connectivity index (χ4v) is 3.96. The Balaban J connectivity index is 1.37. The highest BCUT2D eigenvalue weighted by Gasteiger charge is 2.30. The lowest BCUT2D eigenvalue weighted by molar-refractivity contribution is -0.129. The Hall–Kier alpha value is -2.55. The molecule has 1 fully saturated rings. The van der Waals surface area contributed by atoms with Gasteiger partial charge in [-0.05, 0) is 31.0 Å². The van der Waals surface area contributed by atoms with E-state index < -0.39 is 0 Å². The molecule has 0 bridgehead atoms. The summed E-state index contributed by atoms with van der Waals surface area (Å²) in [5, 5.41) is 8.00. The summed E-state index contributed by atoms with van der Waals surface area (Å²) in [5.74, 6) is 1.73. The predicted molar refractivity (Wildman–Crippen MR) is 96.0 cm³/mol. The number of carbonyl (C=O) groups is 2.